The summed E-state index contributed by atoms with van der Waals surface area (Å²) in [5, 5.41) is 3.16. The van der Waals surface area contributed by atoms with Gasteiger partial charge < -0.3 is 14.8 Å². The molecule has 0 saturated carbocycles. The predicted octanol–water partition coefficient (Wildman–Crippen LogP) is 3.91. The minimum Gasteiger partial charge on any atom is -0.469 e. The highest BCUT2D eigenvalue weighted by atomic mass is 16.5. The largest absolute Gasteiger partial charge is 0.469 e. The van der Waals surface area contributed by atoms with E-state index in [2.05, 4.69) is 10.2 Å². The van der Waals surface area contributed by atoms with Crippen LogP contribution in [0.4, 0.5) is 0 Å². The molecular formula is C31H32N2O4. The van der Waals surface area contributed by atoms with Crippen LogP contribution in [-0.4, -0.2) is 48.2 Å². The molecular weight excluding hydrogens is 464 g/mol. The van der Waals surface area contributed by atoms with Crippen molar-refractivity contribution in [3.63, 3.8) is 0 Å². The van der Waals surface area contributed by atoms with Gasteiger partial charge in [-0.3, -0.25) is 14.5 Å². The van der Waals surface area contributed by atoms with Gasteiger partial charge in [-0.25, -0.2) is 0 Å². The van der Waals surface area contributed by atoms with Crippen LogP contribution in [0.1, 0.15) is 16.7 Å². The first-order valence-electron chi connectivity index (χ1n) is 12.7. The van der Waals surface area contributed by atoms with Crippen molar-refractivity contribution in [2.75, 3.05) is 7.11 Å². The average Bonchev–Trinajstić information content (AvgIpc) is 3.57. The minimum atomic E-state index is -0.528. The van der Waals surface area contributed by atoms with Crippen LogP contribution in [0.5, 0.6) is 0 Å². The molecule has 1 amide bonds. The lowest BCUT2D eigenvalue weighted by atomic mass is 9.85. The molecule has 1 unspecified atom stereocenters. The number of ether oxygens (including phenoxy) is 2. The Morgan fingerprint density at radius 3 is 2.03 bits per heavy atom. The number of methoxy groups -OCH3 is 1. The molecule has 5 atom stereocenters. The molecule has 37 heavy (non-hydrogen) atoms. The van der Waals surface area contributed by atoms with E-state index >= 15 is 0 Å². The van der Waals surface area contributed by atoms with E-state index in [1.54, 1.807) is 0 Å². The molecule has 2 heterocycles. The summed E-state index contributed by atoms with van der Waals surface area (Å²) in [5.41, 5.74) is 3.14. The Bertz CT molecular complexity index is 1220. The number of carbonyl (C=O) groups is 2. The van der Waals surface area contributed by atoms with Gasteiger partial charge >= 0.3 is 5.97 Å². The van der Waals surface area contributed by atoms with Gasteiger partial charge in [0.2, 0.25) is 5.91 Å². The van der Waals surface area contributed by atoms with Gasteiger partial charge in [0.1, 0.15) is 5.92 Å². The Morgan fingerprint density at radius 2 is 1.41 bits per heavy atom. The third kappa shape index (κ3) is 5.66. The van der Waals surface area contributed by atoms with Gasteiger partial charge in [0.05, 0.1) is 31.4 Å². The Morgan fingerprint density at radius 1 is 0.838 bits per heavy atom. The van der Waals surface area contributed by atoms with E-state index in [0.29, 0.717) is 19.5 Å². The third-order valence-corrected chi connectivity index (χ3v) is 7.21. The molecule has 1 fully saturated rings. The first-order valence-corrected chi connectivity index (χ1v) is 12.7. The van der Waals surface area contributed by atoms with Crippen molar-refractivity contribution in [2.45, 2.75) is 43.8 Å². The molecule has 1 saturated heterocycles. The first-order chi connectivity index (χ1) is 18.1. The lowest BCUT2D eigenvalue weighted by Gasteiger charge is -2.40. The van der Waals surface area contributed by atoms with Gasteiger partial charge in [-0.15, -0.1) is 0 Å². The fourth-order valence-electron chi connectivity index (χ4n) is 5.41. The summed E-state index contributed by atoms with van der Waals surface area (Å²) in [6.07, 6.45) is 3.79. The molecule has 5 rings (SSSR count). The minimum absolute atomic E-state index is 0.0843. The van der Waals surface area contributed by atoms with Crippen LogP contribution >= 0.6 is 0 Å². The highest BCUT2D eigenvalue weighted by Gasteiger charge is 2.54. The molecule has 2 aliphatic heterocycles. The van der Waals surface area contributed by atoms with E-state index in [1.807, 2.05) is 103 Å². The number of rotatable bonds is 10. The van der Waals surface area contributed by atoms with E-state index in [1.165, 1.54) is 7.11 Å². The zero-order valence-corrected chi connectivity index (χ0v) is 20.9. The normalized spacial score (nSPS) is 22.6. The summed E-state index contributed by atoms with van der Waals surface area (Å²) < 4.78 is 11.4. The zero-order valence-electron chi connectivity index (χ0n) is 20.9. The maximum atomic E-state index is 13.9. The van der Waals surface area contributed by atoms with Gasteiger partial charge in [0.25, 0.3) is 0 Å². The fraction of sp³-hybridized carbons (Fsp3) is 0.290. The summed E-state index contributed by atoms with van der Waals surface area (Å²) in [6.45, 7) is 0.924. The van der Waals surface area contributed by atoms with E-state index < -0.39 is 12.0 Å². The molecule has 0 radical (unpaired) electrons. The lowest BCUT2D eigenvalue weighted by Crippen LogP contribution is -2.57. The van der Waals surface area contributed by atoms with Crippen LogP contribution in [-0.2, 0) is 38.6 Å². The van der Waals surface area contributed by atoms with Crippen molar-refractivity contribution >= 4 is 11.9 Å². The van der Waals surface area contributed by atoms with Crippen LogP contribution in [0.3, 0.4) is 0 Å². The van der Waals surface area contributed by atoms with Gasteiger partial charge in [-0.2, -0.15) is 0 Å². The Balaban J connectivity index is 1.51. The smallest absolute Gasteiger partial charge is 0.313 e. The average molecular weight is 497 g/mol. The van der Waals surface area contributed by atoms with Gasteiger partial charge in [0, 0.05) is 13.1 Å². The van der Waals surface area contributed by atoms with Crippen molar-refractivity contribution in [3.8, 4) is 0 Å². The van der Waals surface area contributed by atoms with Crippen molar-refractivity contribution < 1.29 is 19.1 Å². The highest BCUT2D eigenvalue weighted by Crippen LogP contribution is 2.40. The van der Waals surface area contributed by atoms with Gasteiger partial charge in [0.15, 0.2) is 0 Å². The van der Waals surface area contributed by atoms with E-state index in [0.717, 1.165) is 16.7 Å². The molecule has 6 nitrogen and oxygen atoms in total. The molecule has 0 aromatic heterocycles. The van der Waals surface area contributed by atoms with E-state index in [4.69, 9.17) is 9.47 Å². The molecule has 3 aromatic rings. The SMILES string of the molecule is COC(=O)[C@H]1[C@H](N(Cc2ccccc2)C(Cc2ccccc2)C(=O)NCc2ccccc2)[C@@H]2C=C[C@H]1O2. The topological polar surface area (TPSA) is 67.9 Å². The summed E-state index contributed by atoms with van der Waals surface area (Å²) in [4.78, 5) is 29.1. The molecule has 1 N–H and O–H groups in total. The zero-order chi connectivity index (χ0) is 25.6. The molecule has 0 spiro atoms. The number of fused-ring (bicyclic) bond motifs is 2. The predicted molar refractivity (Wildman–Crippen MR) is 141 cm³/mol. The quantitative estimate of drug-likeness (QED) is 0.341. The number of hydrogen-bond acceptors (Lipinski definition) is 5. The standard InChI is InChI=1S/C31H32N2O4/c1-36-31(35)28-26-17-18-27(37-26)29(28)33(21-24-15-9-4-10-16-24)25(19-22-11-5-2-6-12-22)30(34)32-20-23-13-7-3-8-14-23/h2-18,25-29H,19-21H2,1H3,(H,32,34)/t25?,26-,27+,28-,29-/m1/s1. The third-order valence-electron chi connectivity index (χ3n) is 7.21. The Kier molecular flexibility index (Phi) is 7.78. The van der Waals surface area contributed by atoms with Crippen LogP contribution in [0.15, 0.2) is 103 Å². The maximum Gasteiger partial charge on any atom is 0.313 e. The summed E-state index contributed by atoms with van der Waals surface area (Å²) in [7, 11) is 1.41. The number of nitrogens with zero attached hydrogens (tertiary/aromatic N) is 1. The number of carbonyl (C=O) groups excluding carboxylic acids is 2. The van der Waals surface area contributed by atoms with Crippen LogP contribution in [0, 0.1) is 5.92 Å². The summed E-state index contributed by atoms with van der Waals surface area (Å²) >= 11 is 0. The molecule has 6 heteroatoms. The van der Waals surface area contributed by atoms with Crippen molar-refractivity contribution in [1.29, 1.82) is 0 Å². The second kappa shape index (κ2) is 11.5. The maximum absolute atomic E-state index is 13.9. The summed E-state index contributed by atoms with van der Waals surface area (Å²) in [5.74, 6) is -0.911. The van der Waals surface area contributed by atoms with Crippen LogP contribution < -0.4 is 5.32 Å². The molecule has 3 aromatic carbocycles. The van der Waals surface area contributed by atoms with Gasteiger partial charge in [-0.1, -0.05) is 103 Å². The molecule has 2 bridgehead atoms. The van der Waals surface area contributed by atoms with E-state index in [9.17, 15) is 9.59 Å². The molecule has 2 aliphatic rings. The van der Waals surface area contributed by atoms with E-state index in [-0.39, 0.29) is 30.1 Å². The number of hydrogen-bond donors (Lipinski definition) is 1. The second-order valence-corrected chi connectivity index (χ2v) is 9.56. The lowest BCUT2D eigenvalue weighted by molar-refractivity contribution is -0.149. The second-order valence-electron chi connectivity index (χ2n) is 9.56. The fourth-order valence-corrected chi connectivity index (χ4v) is 5.41. The van der Waals surface area contributed by atoms with Gasteiger partial charge in [-0.05, 0) is 23.1 Å². The molecule has 190 valence electrons. The highest BCUT2D eigenvalue weighted by molar-refractivity contribution is 5.82. The van der Waals surface area contributed by atoms with Crippen molar-refractivity contribution in [2.24, 2.45) is 5.92 Å². The van der Waals surface area contributed by atoms with Crippen LogP contribution in [0.2, 0.25) is 0 Å². The Hall–Kier alpha value is -3.74. The molecule has 0 aliphatic carbocycles. The number of nitrogens with one attached hydrogen (secondary N) is 1. The van der Waals surface area contributed by atoms with Crippen molar-refractivity contribution in [3.05, 3.63) is 120 Å². The van der Waals surface area contributed by atoms with Crippen LogP contribution in [0.25, 0.3) is 0 Å². The first kappa shape index (κ1) is 24.9. The number of benzene rings is 3. The van der Waals surface area contributed by atoms with Crippen molar-refractivity contribution in [1.82, 2.24) is 10.2 Å². The number of esters is 1. The number of amides is 1. The summed E-state index contributed by atoms with van der Waals surface area (Å²) in [6, 6.07) is 29.1. The Labute approximate surface area is 217 Å². The monoisotopic (exact) mass is 496 g/mol.